The normalized spacial score (nSPS) is 11.8. The number of benzene rings is 2. The van der Waals surface area contributed by atoms with Crippen LogP contribution in [0.3, 0.4) is 0 Å². The molecular weight excluding hydrogens is 439 g/mol. The van der Waals surface area contributed by atoms with Gasteiger partial charge in [-0.1, -0.05) is 0 Å². The van der Waals surface area contributed by atoms with Gasteiger partial charge < -0.3 is 0 Å². The number of ether oxygens (including phenoxy) is 2. The molecule has 0 spiro atoms. The van der Waals surface area contributed by atoms with Gasteiger partial charge in [-0.15, -0.1) is 0 Å². The number of hydrogen-bond donors (Lipinski definition) is 2. The third-order valence-electron chi connectivity index (χ3n) is 3.95. The predicted octanol–water partition coefficient (Wildman–Crippen LogP) is 0.214. The van der Waals surface area contributed by atoms with Crippen LogP contribution in [0.5, 0.6) is 0 Å². The quantitative estimate of drug-likeness (QED) is 0.364. The Morgan fingerprint density at radius 2 is 1.52 bits per heavy atom. The fourth-order valence-corrected chi connectivity index (χ4v) is 5.71. The van der Waals surface area contributed by atoms with E-state index in [1.165, 1.54) is 12.1 Å². The first-order valence-corrected chi connectivity index (χ1v) is 11.6. The van der Waals surface area contributed by atoms with Gasteiger partial charge in [0.15, 0.2) is 0 Å². The summed E-state index contributed by atoms with van der Waals surface area (Å²) in [4.78, 5) is 22.7. The Hall–Kier alpha value is -1.80. The molecule has 0 fully saturated rings. The number of carbonyl (C=O) groups excluding carboxylic acids is 2. The van der Waals surface area contributed by atoms with Crippen molar-refractivity contribution in [2.24, 2.45) is 0 Å². The predicted molar refractivity (Wildman–Crippen MR) is 99.6 cm³/mol. The minimum absolute atomic E-state index is 0.143. The number of methoxy groups -OCH3 is 2. The van der Waals surface area contributed by atoms with Crippen LogP contribution in [0.1, 0.15) is 20.7 Å². The summed E-state index contributed by atoms with van der Waals surface area (Å²) < 4.78 is 76.7. The number of esters is 2. The molecule has 10 nitrogen and oxygen atoms in total. The standard InChI is InChI=1S/C16H13O10S2.Na/c1-25-15(17)9-7-11(16(18)26-2)14(13(8-9)28(22,23)24)10-5-3-4-6-12(10)27(19,20)21;/h3-5,7-8H,1-2H3,(H,19,20,21)(H,22,23,24);. The first kappa shape index (κ1) is 23.5. The van der Waals surface area contributed by atoms with E-state index >= 15 is 0 Å². The summed E-state index contributed by atoms with van der Waals surface area (Å²) in [5, 5.41) is 0. The van der Waals surface area contributed by atoms with Gasteiger partial charge in [-0.05, 0) is 0 Å². The van der Waals surface area contributed by atoms with Crippen LogP contribution in [-0.2, 0) is 29.7 Å². The Morgan fingerprint density at radius 3 is 2.00 bits per heavy atom. The van der Waals surface area contributed by atoms with Crippen molar-refractivity contribution in [1.29, 1.82) is 0 Å². The van der Waals surface area contributed by atoms with Crippen molar-refractivity contribution in [1.82, 2.24) is 0 Å². The summed E-state index contributed by atoms with van der Waals surface area (Å²) >= 11 is 0.143. The fourth-order valence-electron chi connectivity index (χ4n) is 2.80. The van der Waals surface area contributed by atoms with Crippen molar-refractivity contribution in [3.63, 3.8) is 0 Å². The maximum atomic E-state index is 12.3. The Bertz CT molecular complexity index is 1220. The van der Waals surface area contributed by atoms with Crippen LogP contribution in [0.2, 0.25) is 0 Å². The zero-order valence-corrected chi connectivity index (χ0v) is 19.0. The van der Waals surface area contributed by atoms with E-state index in [4.69, 9.17) is 0 Å². The maximum absolute atomic E-state index is 12.3. The molecule has 0 bridgehead atoms. The molecule has 0 atom stereocenters. The monoisotopic (exact) mass is 452 g/mol. The molecule has 0 saturated heterocycles. The molecule has 2 rings (SSSR count). The topological polar surface area (TPSA) is 161 Å². The van der Waals surface area contributed by atoms with E-state index < -0.39 is 58.7 Å². The van der Waals surface area contributed by atoms with Crippen LogP contribution in [0, 0.1) is 0 Å². The molecule has 0 heterocycles. The van der Waals surface area contributed by atoms with E-state index in [1.54, 1.807) is 0 Å². The van der Waals surface area contributed by atoms with Gasteiger partial charge in [0.05, 0.1) is 0 Å². The van der Waals surface area contributed by atoms with E-state index in [2.05, 4.69) is 9.47 Å². The summed E-state index contributed by atoms with van der Waals surface area (Å²) in [6.45, 7) is 0. The third-order valence-corrected chi connectivity index (χ3v) is 7.08. The average Bonchev–Trinajstić information content (AvgIpc) is 2.63. The van der Waals surface area contributed by atoms with Crippen molar-refractivity contribution < 1.29 is 45.0 Å². The summed E-state index contributed by atoms with van der Waals surface area (Å²) in [6.07, 6.45) is 0. The van der Waals surface area contributed by atoms with Gasteiger partial charge in [-0.25, -0.2) is 0 Å². The Morgan fingerprint density at radius 1 is 0.931 bits per heavy atom. The molecule has 2 N–H and O–H groups in total. The fraction of sp³-hybridized carbons (Fsp3) is 0.125. The van der Waals surface area contributed by atoms with Crippen LogP contribution in [-0.4, -0.2) is 80.0 Å². The van der Waals surface area contributed by atoms with Crippen LogP contribution in [0.25, 0.3) is 11.1 Å². The second-order valence-corrected chi connectivity index (χ2v) is 9.61. The van der Waals surface area contributed by atoms with Crippen molar-refractivity contribution in [2.45, 2.75) is 9.79 Å². The molecule has 0 radical (unpaired) electrons. The average molecular weight is 452 g/mol. The Kier molecular flexibility index (Phi) is 6.89. The Labute approximate surface area is 183 Å². The molecule has 0 aliphatic heterocycles. The molecule has 150 valence electrons. The van der Waals surface area contributed by atoms with E-state index in [9.17, 15) is 35.5 Å². The van der Waals surface area contributed by atoms with Crippen LogP contribution >= 0.6 is 0 Å². The van der Waals surface area contributed by atoms with Gasteiger partial charge in [-0.3, -0.25) is 0 Å². The van der Waals surface area contributed by atoms with Crippen molar-refractivity contribution in [3.05, 3.63) is 41.5 Å². The molecule has 0 unspecified atom stereocenters. The van der Waals surface area contributed by atoms with Gasteiger partial charge >= 0.3 is 185 Å². The van der Waals surface area contributed by atoms with E-state index in [1.807, 2.05) is 0 Å². The first-order valence-electron chi connectivity index (χ1n) is 7.72. The van der Waals surface area contributed by atoms with Crippen LogP contribution in [0.15, 0.2) is 40.1 Å². The van der Waals surface area contributed by atoms with Crippen LogP contribution < -0.4 is 2.81 Å². The molecule has 2 aromatic rings. The van der Waals surface area contributed by atoms with E-state index in [0.717, 1.165) is 32.4 Å². The number of rotatable bonds is 5. The second-order valence-electron chi connectivity index (χ2n) is 5.78. The van der Waals surface area contributed by atoms with Crippen molar-refractivity contribution in [3.8, 4) is 11.1 Å². The number of hydrogen-bond acceptors (Lipinski definition) is 8. The zero-order valence-electron chi connectivity index (χ0n) is 15.4. The van der Waals surface area contributed by atoms with E-state index in [0.29, 0.717) is 0 Å². The molecule has 29 heavy (non-hydrogen) atoms. The molecule has 13 heteroatoms. The SMILES string of the molecule is COC(=O)c1cc(C(=O)OC)c(-c2ccc[c]([Na])c2S(=O)(=O)O)c(S(=O)(=O)O)c1. The zero-order chi connectivity index (χ0) is 22.1. The molecule has 0 aliphatic rings. The molecule has 2 aromatic carbocycles. The molecule has 0 aliphatic carbocycles. The minimum atomic E-state index is -5.07. The van der Waals surface area contributed by atoms with Crippen LogP contribution in [0.4, 0.5) is 0 Å². The third kappa shape index (κ3) is 4.86. The molecule has 0 amide bonds. The molecule has 0 saturated carbocycles. The summed E-state index contributed by atoms with van der Waals surface area (Å²) in [5.41, 5.74) is -1.83. The summed E-state index contributed by atoms with van der Waals surface area (Å²) in [5.74, 6) is -2.13. The second kappa shape index (κ2) is 8.52. The van der Waals surface area contributed by atoms with Crippen molar-refractivity contribution in [2.75, 3.05) is 14.2 Å². The summed E-state index contributed by atoms with van der Waals surface area (Å²) in [7, 11) is -7.91. The van der Waals surface area contributed by atoms with Gasteiger partial charge in [0, 0.05) is 0 Å². The van der Waals surface area contributed by atoms with E-state index in [-0.39, 0.29) is 36.3 Å². The Balaban J connectivity index is 3.17. The van der Waals surface area contributed by atoms with Gasteiger partial charge in [-0.2, -0.15) is 0 Å². The summed E-state index contributed by atoms with van der Waals surface area (Å²) in [6, 6.07) is 5.60. The molecule has 0 aromatic heterocycles. The van der Waals surface area contributed by atoms with Gasteiger partial charge in [0.2, 0.25) is 0 Å². The number of carbonyl (C=O) groups is 2. The first-order chi connectivity index (χ1) is 13.3. The van der Waals surface area contributed by atoms with Gasteiger partial charge in [0.1, 0.15) is 0 Å². The molecular formula is C16H13NaO10S2. The van der Waals surface area contributed by atoms with Crippen molar-refractivity contribution >= 4 is 62.9 Å². The van der Waals surface area contributed by atoms with Gasteiger partial charge in [0.25, 0.3) is 0 Å².